The Labute approximate surface area is 156 Å². The Balaban J connectivity index is 3.74. The minimum Gasteiger partial charge on any atom is -0.434 e. The molecular weight excluding hydrogens is 636 g/mol. The van der Waals surface area contributed by atoms with Gasteiger partial charge in [-0.15, -0.1) is 0 Å². The van der Waals surface area contributed by atoms with Crippen molar-refractivity contribution in [3.8, 4) is 0 Å². The summed E-state index contributed by atoms with van der Waals surface area (Å²) in [6.07, 6.45) is 0.460. The number of carbonyl (C=O) groups excluding carboxylic acids is 1. The normalized spacial score (nSPS) is 9.67. The van der Waals surface area contributed by atoms with E-state index in [1.807, 2.05) is 0 Å². The lowest BCUT2D eigenvalue weighted by Gasteiger charge is -2.06. The van der Waals surface area contributed by atoms with E-state index < -0.39 is 6.16 Å². The van der Waals surface area contributed by atoms with Crippen LogP contribution in [0.2, 0.25) is 0 Å². The highest BCUT2D eigenvalue weighted by Crippen LogP contribution is 2.27. The maximum absolute atomic E-state index is 11.2. The maximum atomic E-state index is 11.2. The quantitative estimate of drug-likeness (QED) is 0.305. The summed E-state index contributed by atoms with van der Waals surface area (Å²) in [5, 5.41) is 0. The molecule has 9 heteroatoms. The van der Waals surface area contributed by atoms with Crippen molar-refractivity contribution >= 4 is 102 Å². The van der Waals surface area contributed by atoms with E-state index in [1.54, 1.807) is 0 Å². The smallest absolute Gasteiger partial charge is 0.434 e. The zero-order valence-corrected chi connectivity index (χ0v) is 18.3. The number of halogens is 6. The molecule has 104 valence electrons. The van der Waals surface area contributed by atoms with E-state index in [0.717, 1.165) is 15.7 Å². The monoisotopic (exact) mass is 638 g/mol. The van der Waals surface area contributed by atoms with Crippen LogP contribution in [0, 0.1) is 0 Å². The van der Waals surface area contributed by atoms with E-state index in [9.17, 15) is 4.79 Å². The first-order valence-electron chi connectivity index (χ1n) is 4.53. The van der Waals surface area contributed by atoms with Crippen molar-refractivity contribution < 1.29 is 14.3 Å². The maximum Gasteiger partial charge on any atom is 0.508 e. The van der Waals surface area contributed by atoms with Crippen LogP contribution in [0.3, 0.4) is 0 Å². The van der Waals surface area contributed by atoms with Gasteiger partial charge in [0.1, 0.15) is 0 Å². The summed E-state index contributed by atoms with van der Waals surface area (Å²) >= 11 is 19.6. The van der Waals surface area contributed by atoms with Crippen LogP contribution in [0.1, 0.15) is 12.8 Å². The number of hydrogen-bond donors (Lipinski definition) is 0. The number of hydrogen-bond acceptors (Lipinski definition) is 3. The van der Waals surface area contributed by atoms with Crippen LogP contribution >= 0.6 is 95.6 Å². The van der Waals surface area contributed by atoms with E-state index in [2.05, 4.69) is 95.6 Å². The molecule has 3 nitrogen and oxygen atoms in total. The molecular formula is C9H8Br6O3. The SMILES string of the molecule is O=C(OCCC(Br)=C(Br)Br)OCCC(Br)=C(Br)Br. The molecule has 0 aromatic heterocycles. The molecule has 0 aliphatic heterocycles. The lowest BCUT2D eigenvalue weighted by atomic mass is 10.4. The van der Waals surface area contributed by atoms with Gasteiger partial charge in [0.2, 0.25) is 0 Å². The van der Waals surface area contributed by atoms with Gasteiger partial charge in [-0.1, -0.05) is 31.9 Å². The summed E-state index contributed by atoms with van der Waals surface area (Å²) in [5.74, 6) is 0. The summed E-state index contributed by atoms with van der Waals surface area (Å²) < 4.78 is 13.1. The third kappa shape index (κ3) is 10.4. The van der Waals surface area contributed by atoms with Crippen LogP contribution in [0.4, 0.5) is 4.79 Å². The molecule has 0 heterocycles. The molecule has 0 rings (SSSR count). The third-order valence-corrected chi connectivity index (χ3v) is 7.12. The van der Waals surface area contributed by atoms with E-state index in [4.69, 9.17) is 9.47 Å². The molecule has 18 heavy (non-hydrogen) atoms. The minimum atomic E-state index is -0.674. The standard InChI is InChI=1S/C9H8Br6O3/c10-5(7(12)13)1-3-17-9(16)18-4-2-6(11)8(14)15/h1-4H2. The van der Waals surface area contributed by atoms with E-state index >= 15 is 0 Å². The van der Waals surface area contributed by atoms with Crippen molar-refractivity contribution in [1.82, 2.24) is 0 Å². The summed E-state index contributed by atoms with van der Waals surface area (Å²) in [4.78, 5) is 11.2. The minimum absolute atomic E-state index is 0.249. The zero-order valence-electron chi connectivity index (χ0n) is 8.82. The largest absolute Gasteiger partial charge is 0.508 e. The van der Waals surface area contributed by atoms with Gasteiger partial charge in [-0.05, 0) is 63.7 Å². The van der Waals surface area contributed by atoms with Gasteiger partial charge < -0.3 is 9.47 Å². The first-order chi connectivity index (χ1) is 8.34. The van der Waals surface area contributed by atoms with Crippen molar-refractivity contribution in [3.63, 3.8) is 0 Å². The third-order valence-electron chi connectivity index (χ3n) is 1.49. The summed E-state index contributed by atoms with van der Waals surface area (Å²) in [6, 6.07) is 0. The second kappa shape index (κ2) is 11.3. The number of rotatable bonds is 6. The van der Waals surface area contributed by atoms with Gasteiger partial charge >= 0.3 is 6.16 Å². The fraction of sp³-hybridized carbons (Fsp3) is 0.444. The van der Waals surface area contributed by atoms with Crippen molar-refractivity contribution in [1.29, 1.82) is 0 Å². The lowest BCUT2D eigenvalue weighted by molar-refractivity contribution is 0.0576. The Bertz CT molecular complexity index is 312. The molecule has 0 aliphatic carbocycles. The van der Waals surface area contributed by atoms with Crippen molar-refractivity contribution in [3.05, 3.63) is 15.7 Å². The van der Waals surface area contributed by atoms with Gasteiger partial charge in [0.15, 0.2) is 0 Å². The van der Waals surface area contributed by atoms with Crippen LogP contribution in [-0.2, 0) is 9.47 Å². The highest BCUT2D eigenvalue weighted by Gasteiger charge is 2.06. The van der Waals surface area contributed by atoms with Crippen LogP contribution < -0.4 is 0 Å². The fourth-order valence-electron chi connectivity index (χ4n) is 0.679. The van der Waals surface area contributed by atoms with Crippen molar-refractivity contribution in [2.45, 2.75) is 12.8 Å². The highest BCUT2D eigenvalue weighted by molar-refractivity contribution is 9.29. The van der Waals surface area contributed by atoms with Gasteiger partial charge in [0, 0.05) is 21.8 Å². The van der Waals surface area contributed by atoms with Gasteiger partial charge in [-0.25, -0.2) is 4.79 Å². The average Bonchev–Trinajstić information content (AvgIpc) is 2.28. The number of ether oxygens (including phenoxy) is 2. The first kappa shape index (κ1) is 19.6. The van der Waals surface area contributed by atoms with Gasteiger partial charge in [0.25, 0.3) is 0 Å². The van der Waals surface area contributed by atoms with Crippen LogP contribution in [-0.4, -0.2) is 19.4 Å². The predicted molar refractivity (Wildman–Crippen MR) is 94.1 cm³/mol. The molecule has 0 radical (unpaired) electrons. The van der Waals surface area contributed by atoms with Gasteiger partial charge in [0.05, 0.1) is 20.0 Å². The summed E-state index contributed by atoms with van der Waals surface area (Å²) in [6.45, 7) is 0.499. The second-order valence-corrected chi connectivity index (χ2v) is 9.99. The van der Waals surface area contributed by atoms with Gasteiger partial charge in [-0.3, -0.25) is 0 Å². The summed E-state index contributed by atoms with van der Waals surface area (Å²) in [5.41, 5.74) is 0. The Morgan fingerprint density at radius 3 is 1.33 bits per heavy atom. The first-order valence-corrected chi connectivity index (χ1v) is 9.29. The van der Waals surface area contributed by atoms with Crippen molar-refractivity contribution in [2.24, 2.45) is 0 Å². The molecule has 0 N–H and O–H groups in total. The molecule has 0 atom stereocenters. The Kier molecular flexibility index (Phi) is 12.3. The molecule has 0 aromatic carbocycles. The highest BCUT2D eigenvalue weighted by atomic mass is 79.9. The van der Waals surface area contributed by atoms with Crippen LogP contribution in [0.25, 0.3) is 0 Å². The molecule has 0 fully saturated rings. The topological polar surface area (TPSA) is 35.5 Å². The van der Waals surface area contributed by atoms with Gasteiger partial charge in [-0.2, -0.15) is 0 Å². The molecule has 0 unspecified atom stereocenters. The van der Waals surface area contributed by atoms with E-state index in [1.165, 1.54) is 0 Å². The molecule has 0 bridgehead atoms. The lowest BCUT2D eigenvalue weighted by Crippen LogP contribution is -2.09. The second-order valence-electron chi connectivity index (χ2n) is 2.78. The Morgan fingerprint density at radius 2 is 1.06 bits per heavy atom. The fourth-order valence-corrected chi connectivity index (χ4v) is 1.80. The molecule has 0 aliphatic rings. The zero-order chi connectivity index (χ0) is 14.1. The molecule has 0 saturated carbocycles. The van der Waals surface area contributed by atoms with Crippen LogP contribution in [0.15, 0.2) is 15.7 Å². The summed E-state index contributed by atoms with van der Waals surface area (Å²) in [7, 11) is 0. The van der Waals surface area contributed by atoms with E-state index in [0.29, 0.717) is 12.8 Å². The van der Waals surface area contributed by atoms with Crippen LogP contribution in [0.5, 0.6) is 0 Å². The average molecular weight is 644 g/mol. The Hall–Kier alpha value is 1.63. The molecule has 0 saturated heterocycles. The Morgan fingerprint density at radius 1 is 0.722 bits per heavy atom. The molecule has 0 aromatic rings. The van der Waals surface area contributed by atoms with Crippen molar-refractivity contribution in [2.75, 3.05) is 13.2 Å². The predicted octanol–water partition coefficient (Wildman–Crippen LogP) is 6.63. The molecule has 0 spiro atoms. The molecule has 0 amide bonds. The number of carbonyl (C=O) groups is 1. The van der Waals surface area contributed by atoms with E-state index in [-0.39, 0.29) is 13.2 Å².